The van der Waals surface area contributed by atoms with Crippen LogP contribution in [0.3, 0.4) is 0 Å². The SMILES string of the molecule is Cc1ccc(C2=C(Cl)C(=O)N(c3cccc(F)c3)C2=O)cc1. The molecule has 110 valence electrons. The number of benzene rings is 2. The molecule has 0 N–H and O–H groups in total. The highest BCUT2D eigenvalue weighted by Crippen LogP contribution is 2.34. The molecule has 3 rings (SSSR count). The Hall–Kier alpha value is -2.46. The van der Waals surface area contributed by atoms with Crippen LogP contribution in [-0.4, -0.2) is 11.8 Å². The summed E-state index contributed by atoms with van der Waals surface area (Å²) in [6.45, 7) is 1.92. The first-order valence-corrected chi connectivity index (χ1v) is 6.98. The molecule has 1 aliphatic rings. The molecule has 0 atom stereocenters. The van der Waals surface area contributed by atoms with Gasteiger partial charge >= 0.3 is 0 Å². The highest BCUT2D eigenvalue weighted by molar-refractivity contribution is 6.60. The van der Waals surface area contributed by atoms with Gasteiger partial charge in [0.2, 0.25) is 0 Å². The van der Waals surface area contributed by atoms with Crippen molar-refractivity contribution in [1.82, 2.24) is 0 Å². The van der Waals surface area contributed by atoms with Gasteiger partial charge in [0.1, 0.15) is 10.8 Å². The van der Waals surface area contributed by atoms with Crippen molar-refractivity contribution in [2.75, 3.05) is 4.90 Å². The lowest BCUT2D eigenvalue weighted by molar-refractivity contribution is -0.119. The topological polar surface area (TPSA) is 37.4 Å². The van der Waals surface area contributed by atoms with Crippen LogP contribution in [0.4, 0.5) is 10.1 Å². The van der Waals surface area contributed by atoms with Crippen LogP contribution >= 0.6 is 11.6 Å². The number of hydrogen-bond acceptors (Lipinski definition) is 2. The second-order valence-electron chi connectivity index (χ2n) is 4.98. The zero-order chi connectivity index (χ0) is 15.9. The minimum Gasteiger partial charge on any atom is -0.268 e. The minimum atomic E-state index is -0.646. The molecule has 0 saturated carbocycles. The van der Waals surface area contributed by atoms with E-state index < -0.39 is 17.6 Å². The molecule has 22 heavy (non-hydrogen) atoms. The van der Waals surface area contributed by atoms with E-state index in [-0.39, 0.29) is 16.3 Å². The number of aryl methyl sites for hydroxylation is 1. The normalized spacial score (nSPS) is 15.0. The summed E-state index contributed by atoms with van der Waals surface area (Å²) in [6.07, 6.45) is 0. The van der Waals surface area contributed by atoms with E-state index in [2.05, 4.69) is 0 Å². The zero-order valence-electron chi connectivity index (χ0n) is 11.6. The lowest BCUT2D eigenvalue weighted by Gasteiger charge is -2.14. The van der Waals surface area contributed by atoms with Gasteiger partial charge in [-0.1, -0.05) is 47.5 Å². The predicted octanol–water partition coefficient (Wildman–Crippen LogP) is 3.66. The first kappa shape index (κ1) is 14.5. The molecule has 0 aliphatic carbocycles. The van der Waals surface area contributed by atoms with Gasteiger partial charge in [-0.05, 0) is 30.7 Å². The third-order valence-electron chi connectivity index (χ3n) is 3.43. The number of imide groups is 1. The Morgan fingerprint density at radius 1 is 1.00 bits per heavy atom. The second-order valence-corrected chi connectivity index (χ2v) is 5.36. The fourth-order valence-corrected chi connectivity index (χ4v) is 2.60. The van der Waals surface area contributed by atoms with E-state index >= 15 is 0 Å². The Balaban J connectivity index is 2.05. The average Bonchev–Trinajstić information content (AvgIpc) is 2.71. The molecule has 0 fully saturated rings. The van der Waals surface area contributed by atoms with Crippen molar-refractivity contribution >= 4 is 34.7 Å². The van der Waals surface area contributed by atoms with E-state index in [4.69, 9.17) is 11.6 Å². The summed E-state index contributed by atoms with van der Waals surface area (Å²) in [6, 6.07) is 12.4. The molecule has 1 heterocycles. The van der Waals surface area contributed by atoms with Crippen LogP contribution in [-0.2, 0) is 9.59 Å². The Morgan fingerprint density at radius 2 is 1.68 bits per heavy atom. The summed E-state index contributed by atoms with van der Waals surface area (Å²) in [5, 5.41) is -0.155. The number of carbonyl (C=O) groups is 2. The Kier molecular flexibility index (Phi) is 3.54. The van der Waals surface area contributed by atoms with Crippen LogP contribution in [0.15, 0.2) is 53.6 Å². The molecular weight excluding hydrogens is 305 g/mol. The molecule has 0 radical (unpaired) electrons. The molecule has 5 heteroatoms. The average molecular weight is 316 g/mol. The minimum absolute atomic E-state index is 0.135. The summed E-state index contributed by atoms with van der Waals surface area (Å²) in [7, 11) is 0. The molecule has 2 aromatic rings. The van der Waals surface area contributed by atoms with Crippen molar-refractivity contribution in [3.8, 4) is 0 Å². The van der Waals surface area contributed by atoms with E-state index in [1.807, 2.05) is 19.1 Å². The maximum Gasteiger partial charge on any atom is 0.277 e. The summed E-state index contributed by atoms with van der Waals surface area (Å²) in [5.74, 6) is -1.73. The van der Waals surface area contributed by atoms with Gasteiger partial charge in [0.15, 0.2) is 0 Å². The number of nitrogens with zero attached hydrogens (tertiary/aromatic N) is 1. The van der Waals surface area contributed by atoms with Gasteiger partial charge in [-0.25, -0.2) is 9.29 Å². The van der Waals surface area contributed by atoms with Gasteiger partial charge in [-0.2, -0.15) is 0 Å². The maximum atomic E-state index is 13.3. The number of carbonyl (C=O) groups excluding carboxylic acids is 2. The van der Waals surface area contributed by atoms with E-state index in [0.717, 1.165) is 16.5 Å². The van der Waals surface area contributed by atoms with Gasteiger partial charge in [0.25, 0.3) is 11.8 Å². The van der Waals surface area contributed by atoms with Gasteiger partial charge in [0, 0.05) is 0 Å². The van der Waals surface area contributed by atoms with Crippen LogP contribution in [0, 0.1) is 12.7 Å². The molecule has 0 saturated heterocycles. The van der Waals surface area contributed by atoms with E-state index in [1.165, 1.54) is 18.2 Å². The van der Waals surface area contributed by atoms with Crippen LogP contribution in [0.5, 0.6) is 0 Å². The van der Waals surface area contributed by atoms with E-state index in [1.54, 1.807) is 12.1 Å². The molecule has 2 amide bonds. The third kappa shape index (κ3) is 2.31. The largest absolute Gasteiger partial charge is 0.277 e. The lowest BCUT2D eigenvalue weighted by atomic mass is 10.0. The second kappa shape index (κ2) is 5.39. The molecule has 0 unspecified atom stereocenters. The standard InChI is InChI=1S/C17H11ClFNO2/c1-10-5-7-11(8-6-10)14-15(18)17(22)20(16(14)21)13-4-2-3-12(19)9-13/h2-9H,1H3. The summed E-state index contributed by atoms with van der Waals surface area (Å²) >= 11 is 6.06. The van der Waals surface area contributed by atoms with Crippen molar-refractivity contribution < 1.29 is 14.0 Å². The van der Waals surface area contributed by atoms with E-state index in [0.29, 0.717) is 5.56 Å². The summed E-state index contributed by atoms with van der Waals surface area (Å²) in [5.41, 5.74) is 1.89. The Morgan fingerprint density at radius 3 is 2.32 bits per heavy atom. The summed E-state index contributed by atoms with van der Waals surface area (Å²) < 4.78 is 13.3. The van der Waals surface area contributed by atoms with Crippen LogP contribution in [0.1, 0.15) is 11.1 Å². The summed E-state index contributed by atoms with van der Waals surface area (Å²) in [4.78, 5) is 25.7. The third-order valence-corrected chi connectivity index (χ3v) is 3.78. The van der Waals surface area contributed by atoms with Crippen LogP contribution in [0.25, 0.3) is 5.57 Å². The number of anilines is 1. The molecule has 1 aliphatic heterocycles. The fourth-order valence-electron chi connectivity index (χ4n) is 2.32. The highest BCUT2D eigenvalue weighted by Gasteiger charge is 2.39. The van der Waals surface area contributed by atoms with Crippen molar-refractivity contribution in [2.45, 2.75) is 6.92 Å². The van der Waals surface area contributed by atoms with Crippen molar-refractivity contribution in [2.24, 2.45) is 0 Å². The molecule has 2 aromatic carbocycles. The van der Waals surface area contributed by atoms with Crippen LogP contribution < -0.4 is 4.90 Å². The van der Waals surface area contributed by atoms with Gasteiger partial charge < -0.3 is 0 Å². The first-order chi connectivity index (χ1) is 10.5. The quantitative estimate of drug-likeness (QED) is 0.793. The highest BCUT2D eigenvalue weighted by atomic mass is 35.5. The number of hydrogen-bond donors (Lipinski definition) is 0. The van der Waals surface area contributed by atoms with Gasteiger partial charge in [0.05, 0.1) is 11.3 Å². The maximum absolute atomic E-state index is 13.3. The van der Waals surface area contributed by atoms with Crippen molar-refractivity contribution in [3.63, 3.8) is 0 Å². The monoisotopic (exact) mass is 315 g/mol. The van der Waals surface area contributed by atoms with Gasteiger partial charge in [-0.3, -0.25) is 9.59 Å². The van der Waals surface area contributed by atoms with Crippen molar-refractivity contribution in [3.05, 3.63) is 70.5 Å². The molecule has 0 bridgehead atoms. The predicted molar refractivity (Wildman–Crippen MR) is 82.8 cm³/mol. The zero-order valence-corrected chi connectivity index (χ0v) is 12.4. The number of amides is 2. The number of rotatable bonds is 2. The number of halogens is 2. The van der Waals surface area contributed by atoms with Gasteiger partial charge in [-0.15, -0.1) is 0 Å². The van der Waals surface area contributed by atoms with Crippen LogP contribution in [0.2, 0.25) is 0 Å². The van der Waals surface area contributed by atoms with E-state index in [9.17, 15) is 14.0 Å². The fraction of sp³-hybridized carbons (Fsp3) is 0.0588. The Bertz CT molecular complexity index is 812. The molecule has 3 nitrogen and oxygen atoms in total. The van der Waals surface area contributed by atoms with Crippen molar-refractivity contribution in [1.29, 1.82) is 0 Å². The molecular formula is C17H11ClFNO2. The Labute approximate surface area is 131 Å². The smallest absolute Gasteiger partial charge is 0.268 e. The molecule has 0 aromatic heterocycles. The lowest BCUT2D eigenvalue weighted by Crippen LogP contribution is -2.31. The first-order valence-electron chi connectivity index (χ1n) is 6.60. The molecule has 0 spiro atoms.